The molecule has 2 aliphatic rings. The third kappa shape index (κ3) is 0.620. The highest BCUT2D eigenvalue weighted by atomic mass is 16.1. The topological polar surface area (TPSA) is 31.2 Å². The van der Waals surface area contributed by atoms with Gasteiger partial charge in [0.25, 0.3) is 0 Å². The largest absolute Gasteiger partial charge is 0.289 e. The van der Waals surface area contributed by atoms with Crippen molar-refractivity contribution >= 4 is 5.78 Å². The predicted octanol–water partition coefficient (Wildman–Crippen LogP) is 0.554. The molecule has 1 aliphatic heterocycles. The Kier molecular flexibility index (Phi) is 1.01. The number of rotatable bonds is 0. The molecule has 0 unspecified atom stereocenters. The van der Waals surface area contributed by atoms with Crippen molar-refractivity contribution in [3.05, 3.63) is 35.6 Å². The Hall–Kier alpha value is -1.31. The third-order valence-electron chi connectivity index (χ3n) is 1.64. The average molecular weight is 132 g/mol. The SMILES string of the molecule is O=C1C=CC=C2C[N]C=C12. The van der Waals surface area contributed by atoms with E-state index in [2.05, 4.69) is 5.32 Å². The van der Waals surface area contributed by atoms with Gasteiger partial charge in [-0.1, -0.05) is 12.2 Å². The Morgan fingerprint density at radius 2 is 2.40 bits per heavy atom. The summed E-state index contributed by atoms with van der Waals surface area (Å²) in [6.07, 6.45) is 6.92. The Bertz CT molecular complexity index is 271. The average Bonchev–Trinajstić information content (AvgIpc) is 2.36. The van der Waals surface area contributed by atoms with Crippen molar-refractivity contribution in [1.29, 1.82) is 0 Å². The maximum absolute atomic E-state index is 11.0. The summed E-state index contributed by atoms with van der Waals surface area (Å²) in [4.78, 5) is 11.0. The zero-order chi connectivity index (χ0) is 6.97. The molecular weight excluding hydrogens is 126 g/mol. The Morgan fingerprint density at radius 1 is 1.50 bits per heavy atom. The van der Waals surface area contributed by atoms with Crippen LogP contribution in [0.4, 0.5) is 0 Å². The lowest BCUT2D eigenvalue weighted by molar-refractivity contribution is -0.111. The van der Waals surface area contributed by atoms with Crippen LogP contribution in [0.25, 0.3) is 0 Å². The molecule has 0 aromatic carbocycles. The second kappa shape index (κ2) is 1.84. The first kappa shape index (κ1) is 5.47. The summed E-state index contributed by atoms with van der Waals surface area (Å²) in [5.74, 6) is 0.0822. The van der Waals surface area contributed by atoms with E-state index in [0.29, 0.717) is 6.54 Å². The molecule has 10 heavy (non-hydrogen) atoms. The maximum atomic E-state index is 11.0. The van der Waals surface area contributed by atoms with Crippen LogP contribution in [-0.2, 0) is 4.79 Å². The molecule has 0 aromatic heterocycles. The van der Waals surface area contributed by atoms with Crippen LogP contribution in [0.5, 0.6) is 0 Å². The first-order valence-electron chi connectivity index (χ1n) is 3.16. The summed E-state index contributed by atoms with van der Waals surface area (Å²) >= 11 is 0. The quantitative estimate of drug-likeness (QED) is 0.473. The number of allylic oxidation sites excluding steroid dienone is 3. The summed E-state index contributed by atoms with van der Waals surface area (Å²) in [5, 5.41) is 3.99. The van der Waals surface area contributed by atoms with Crippen LogP contribution < -0.4 is 5.32 Å². The van der Waals surface area contributed by atoms with Gasteiger partial charge in [0.15, 0.2) is 5.78 Å². The van der Waals surface area contributed by atoms with E-state index in [-0.39, 0.29) is 5.78 Å². The number of hydrogen-bond donors (Lipinski definition) is 0. The molecule has 2 heteroatoms. The van der Waals surface area contributed by atoms with Gasteiger partial charge in [0.2, 0.25) is 0 Å². The first-order chi connectivity index (χ1) is 4.88. The van der Waals surface area contributed by atoms with Crippen LogP contribution in [0.2, 0.25) is 0 Å². The molecule has 1 radical (unpaired) electrons. The number of hydrogen-bond acceptors (Lipinski definition) is 1. The van der Waals surface area contributed by atoms with Gasteiger partial charge in [-0.3, -0.25) is 10.1 Å². The lowest BCUT2D eigenvalue weighted by Gasteiger charge is -2.01. The highest BCUT2D eigenvalue weighted by Crippen LogP contribution is 2.19. The first-order valence-corrected chi connectivity index (χ1v) is 3.16. The second-order valence-electron chi connectivity index (χ2n) is 2.30. The minimum absolute atomic E-state index is 0.0822. The van der Waals surface area contributed by atoms with E-state index in [4.69, 9.17) is 0 Å². The molecule has 1 heterocycles. The van der Waals surface area contributed by atoms with Crippen molar-refractivity contribution in [1.82, 2.24) is 5.32 Å². The molecular formula is C8H6NO. The summed E-state index contributed by atoms with van der Waals surface area (Å²) in [6, 6.07) is 0. The normalized spacial score (nSPS) is 21.4. The number of fused-ring (bicyclic) bond motifs is 1. The molecule has 0 fully saturated rings. The molecule has 0 atom stereocenters. The number of carbonyl (C=O) groups excluding carboxylic acids is 1. The van der Waals surface area contributed by atoms with E-state index < -0.39 is 0 Å². The molecule has 0 aromatic rings. The lowest BCUT2D eigenvalue weighted by Crippen LogP contribution is -2.03. The zero-order valence-corrected chi connectivity index (χ0v) is 5.37. The maximum Gasteiger partial charge on any atom is 0.187 e. The Balaban J connectivity index is 2.48. The molecule has 0 bridgehead atoms. The highest BCUT2D eigenvalue weighted by molar-refractivity contribution is 6.09. The van der Waals surface area contributed by atoms with E-state index in [1.807, 2.05) is 6.08 Å². The molecule has 0 amide bonds. The zero-order valence-electron chi connectivity index (χ0n) is 5.37. The van der Waals surface area contributed by atoms with Crippen molar-refractivity contribution in [2.75, 3.05) is 6.54 Å². The molecule has 2 nitrogen and oxygen atoms in total. The van der Waals surface area contributed by atoms with Gasteiger partial charge < -0.3 is 0 Å². The predicted molar refractivity (Wildman–Crippen MR) is 37.3 cm³/mol. The minimum Gasteiger partial charge on any atom is -0.289 e. The van der Waals surface area contributed by atoms with Crippen molar-refractivity contribution in [2.24, 2.45) is 0 Å². The molecule has 0 saturated heterocycles. The van der Waals surface area contributed by atoms with Gasteiger partial charge in [-0.25, -0.2) is 0 Å². The fraction of sp³-hybridized carbons (Fsp3) is 0.125. The van der Waals surface area contributed by atoms with E-state index in [9.17, 15) is 4.79 Å². The number of nitrogens with zero attached hydrogens (tertiary/aromatic N) is 1. The van der Waals surface area contributed by atoms with Gasteiger partial charge in [-0.05, 0) is 11.6 Å². The summed E-state index contributed by atoms with van der Waals surface area (Å²) < 4.78 is 0. The van der Waals surface area contributed by atoms with E-state index in [1.165, 1.54) is 0 Å². The standard InChI is InChI=1S/C8H6NO/c10-8-3-1-2-6-4-9-5-7(6)8/h1-3,5H,4H2. The van der Waals surface area contributed by atoms with Crippen LogP contribution in [0.3, 0.4) is 0 Å². The van der Waals surface area contributed by atoms with Gasteiger partial charge in [-0.15, -0.1) is 0 Å². The molecule has 49 valence electrons. The van der Waals surface area contributed by atoms with Crippen molar-refractivity contribution in [2.45, 2.75) is 0 Å². The van der Waals surface area contributed by atoms with E-state index in [1.54, 1.807) is 18.4 Å². The Labute approximate surface area is 58.9 Å². The monoisotopic (exact) mass is 132 g/mol. The number of carbonyl (C=O) groups is 1. The lowest BCUT2D eigenvalue weighted by atomic mass is 10.0. The summed E-state index contributed by atoms with van der Waals surface area (Å²) in [6.45, 7) is 0.672. The van der Waals surface area contributed by atoms with Crippen LogP contribution in [0.15, 0.2) is 35.6 Å². The van der Waals surface area contributed by atoms with Crippen LogP contribution >= 0.6 is 0 Å². The summed E-state index contributed by atoms with van der Waals surface area (Å²) in [5.41, 5.74) is 1.81. The summed E-state index contributed by atoms with van der Waals surface area (Å²) in [7, 11) is 0. The highest BCUT2D eigenvalue weighted by Gasteiger charge is 2.18. The van der Waals surface area contributed by atoms with Crippen molar-refractivity contribution in [3.63, 3.8) is 0 Å². The smallest absolute Gasteiger partial charge is 0.187 e. The van der Waals surface area contributed by atoms with Crippen molar-refractivity contribution in [3.8, 4) is 0 Å². The number of ketones is 1. The molecule has 1 aliphatic carbocycles. The van der Waals surface area contributed by atoms with E-state index >= 15 is 0 Å². The third-order valence-corrected chi connectivity index (χ3v) is 1.64. The molecule has 2 rings (SSSR count). The Morgan fingerprint density at radius 3 is 3.20 bits per heavy atom. The van der Waals surface area contributed by atoms with Gasteiger partial charge in [0.1, 0.15) is 0 Å². The molecule has 0 saturated carbocycles. The van der Waals surface area contributed by atoms with Crippen LogP contribution in [-0.4, -0.2) is 12.3 Å². The van der Waals surface area contributed by atoms with Gasteiger partial charge in [0, 0.05) is 11.8 Å². The van der Waals surface area contributed by atoms with Crippen LogP contribution in [0, 0.1) is 0 Å². The fourth-order valence-corrected chi connectivity index (χ4v) is 1.11. The van der Waals surface area contributed by atoms with Gasteiger partial charge in [-0.2, -0.15) is 0 Å². The van der Waals surface area contributed by atoms with Gasteiger partial charge >= 0.3 is 0 Å². The van der Waals surface area contributed by atoms with E-state index in [0.717, 1.165) is 11.1 Å². The minimum atomic E-state index is 0.0822. The van der Waals surface area contributed by atoms with Crippen molar-refractivity contribution < 1.29 is 4.79 Å². The molecule has 0 N–H and O–H groups in total. The van der Waals surface area contributed by atoms with Gasteiger partial charge in [0.05, 0.1) is 6.54 Å². The van der Waals surface area contributed by atoms with Crippen LogP contribution in [0.1, 0.15) is 0 Å². The fourth-order valence-electron chi connectivity index (χ4n) is 1.11. The second-order valence-corrected chi connectivity index (χ2v) is 2.30. The molecule has 0 spiro atoms.